The Hall–Kier alpha value is -1.73. The van der Waals surface area contributed by atoms with E-state index >= 15 is 0 Å². The first-order chi connectivity index (χ1) is 9.63. The molecule has 0 atom stereocenters. The van der Waals surface area contributed by atoms with Gasteiger partial charge in [-0.2, -0.15) is 4.98 Å². The summed E-state index contributed by atoms with van der Waals surface area (Å²) in [7, 11) is 0. The summed E-state index contributed by atoms with van der Waals surface area (Å²) in [5.74, 6) is 1.11. The lowest BCUT2D eigenvalue weighted by molar-refractivity contribution is 0.424. The summed E-state index contributed by atoms with van der Waals surface area (Å²) < 4.78 is 6.33. The third-order valence-electron chi connectivity index (χ3n) is 2.78. The van der Waals surface area contributed by atoms with Crippen molar-refractivity contribution in [2.24, 2.45) is 0 Å². The van der Waals surface area contributed by atoms with E-state index in [0.29, 0.717) is 23.3 Å². The zero-order valence-electron chi connectivity index (χ0n) is 10.6. The molecule has 2 N–H and O–H groups in total. The lowest BCUT2D eigenvalue weighted by atomic mass is 10.1. The lowest BCUT2D eigenvalue weighted by Crippen LogP contribution is -1.91. The number of halogens is 1. The molecule has 0 bridgehead atoms. The van der Waals surface area contributed by atoms with E-state index in [2.05, 4.69) is 31.1 Å². The van der Waals surface area contributed by atoms with Crippen molar-refractivity contribution in [1.29, 1.82) is 0 Å². The molecule has 3 aromatic rings. The number of nitrogens with zero attached hydrogens (tertiary/aromatic N) is 3. The molecule has 0 aliphatic heterocycles. The molecular formula is C13H11BrN4OS. The molecule has 102 valence electrons. The summed E-state index contributed by atoms with van der Waals surface area (Å²) in [6.45, 7) is 1.87. The molecule has 0 aliphatic rings. The topological polar surface area (TPSA) is 77.8 Å². The monoisotopic (exact) mass is 350 g/mol. The number of hydrogen-bond acceptors (Lipinski definition) is 6. The largest absolute Gasteiger partial charge is 0.375 e. The molecule has 0 spiro atoms. The van der Waals surface area contributed by atoms with Gasteiger partial charge in [0.2, 0.25) is 0 Å². The molecule has 1 aromatic carbocycles. The van der Waals surface area contributed by atoms with Gasteiger partial charge in [0, 0.05) is 10.9 Å². The molecule has 2 aromatic heterocycles. The van der Waals surface area contributed by atoms with Gasteiger partial charge in [-0.05, 0) is 18.6 Å². The molecule has 0 amide bonds. The van der Waals surface area contributed by atoms with Crippen LogP contribution in [0.3, 0.4) is 0 Å². The maximum absolute atomic E-state index is 5.68. The number of rotatable bonds is 3. The zero-order valence-corrected chi connectivity index (χ0v) is 13.0. The predicted molar refractivity (Wildman–Crippen MR) is 81.5 cm³/mol. The van der Waals surface area contributed by atoms with Crippen LogP contribution in [0.25, 0.3) is 10.8 Å². The molecule has 0 fully saturated rings. The van der Waals surface area contributed by atoms with Crippen LogP contribution in [0.1, 0.15) is 17.1 Å². The number of nitrogens with two attached hydrogens (primary N) is 1. The summed E-state index contributed by atoms with van der Waals surface area (Å²) in [5, 5.41) is 4.51. The second kappa shape index (κ2) is 5.34. The van der Waals surface area contributed by atoms with Gasteiger partial charge in [0.25, 0.3) is 5.89 Å². The third-order valence-corrected chi connectivity index (χ3v) is 4.53. The standard InChI is InChI=1S/C13H11BrN4OS/c1-7-11(20-13(15)16-7)12-17-10(18-19-12)6-8-4-2-3-5-9(8)14/h2-5H,6H2,1H3,(H2,15,16). The Bertz CT molecular complexity index is 752. The maximum atomic E-state index is 5.68. The van der Waals surface area contributed by atoms with Crippen LogP contribution in [-0.4, -0.2) is 15.1 Å². The Kier molecular flexibility index (Phi) is 3.54. The quantitative estimate of drug-likeness (QED) is 0.782. The van der Waals surface area contributed by atoms with Crippen molar-refractivity contribution < 1.29 is 4.52 Å². The fourth-order valence-corrected chi connectivity index (χ4v) is 3.03. The summed E-state index contributed by atoms with van der Waals surface area (Å²) in [6, 6.07) is 7.97. The van der Waals surface area contributed by atoms with E-state index in [9.17, 15) is 0 Å². The molecule has 0 aliphatic carbocycles. The van der Waals surface area contributed by atoms with Gasteiger partial charge < -0.3 is 10.3 Å². The molecule has 5 nitrogen and oxygen atoms in total. The van der Waals surface area contributed by atoms with E-state index in [4.69, 9.17) is 10.3 Å². The molecule has 0 radical (unpaired) electrons. The van der Waals surface area contributed by atoms with Crippen molar-refractivity contribution in [2.45, 2.75) is 13.3 Å². The highest BCUT2D eigenvalue weighted by atomic mass is 79.9. The van der Waals surface area contributed by atoms with Crippen molar-refractivity contribution in [3.8, 4) is 10.8 Å². The highest BCUT2D eigenvalue weighted by Crippen LogP contribution is 2.30. The number of aryl methyl sites for hydroxylation is 1. The van der Waals surface area contributed by atoms with Crippen LogP contribution in [0.4, 0.5) is 5.13 Å². The molecule has 20 heavy (non-hydrogen) atoms. The summed E-state index contributed by atoms with van der Waals surface area (Å²) in [4.78, 5) is 9.39. The molecule has 0 saturated carbocycles. The molecular weight excluding hydrogens is 340 g/mol. The molecule has 2 heterocycles. The van der Waals surface area contributed by atoms with Gasteiger partial charge in [0.05, 0.1) is 5.69 Å². The lowest BCUT2D eigenvalue weighted by Gasteiger charge is -1.99. The average Bonchev–Trinajstić information content (AvgIpc) is 2.99. The van der Waals surface area contributed by atoms with E-state index in [1.165, 1.54) is 11.3 Å². The Morgan fingerprint density at radius 1 is 1.30 bits per heavy atom. The van der Waals surface area contributed by atoms with Gasteiger partial charge in [-0.25, -0.2) is 4.98 Å². The van der Waals surface area contributed by atoms with Gasteiger partial charge in [-0.3, -0.25) is 0 Å². The van der Waals surface area contributed by atoms with Crippen LogP contribution in [0.2, 0.25) is 0 Å². The second-order valence-electron chi connectivity index (χ2n) is 4.25. The number of benzene rings is 1. The molecule has 0 saturated heterocycles. The Labute approximate surface area is 128 Å². The second-order valence-corrected chi connectivity index (χ2v) is 6.14. The minimum Gasteiger partial charge on any atom is -0.375 e. The highest BCUT2D eigenvalue weighted by Gasteiger charge is 2.16. The number of hydrogen-bond donors (Lipinski definition) is 1. The number of nitrogen functional groups attached to an aromatic ring is 1. The predicted octanol–water partition coefficient (Wildman–Crippen LogP) is 3.44. The summed E-state index contributed by atoms with van der Waals surface area (Å²) in [6.07, 6.45) is 0.609. The Balaban J connectivity index is 1.88. The number of thiazole rings is 1. The highest BCUT2D eigenvalue weighted by molar-refractivity contribution is 9.10. The van der Waals surface area contributed by atoms with Crippen molar-refractivity contribution in [2.75, 3.05) is 5.73 Å². The van der Waals surface area contributed by atoms with Crippen LogP contribution in [0.15, 0.2) is 33.3 Å². The smallest absolute Gasteiger partial charge is 0.270 e. The van der Waals surface area contributed by atoms with Crippen molar-refractivity contribution >= 4 is 32.4 Å². The van der Waals surface area contributed by atoms with Crippen LogP contribution >= 0.6 is 27.3 Å². The first kappa shape index (κ1) is 13.3. The molecule has 3 rings (SSSR count). The van der Waals surface area contributed by atoms with E-state index in [1.807, 2.05) is 31.2 Å². The van der Waals surface area contributed by atoms with Crippen molar-refractivity contribution in [3.63, 3.8) is 0 Å². The van der Waals surface area contributed by atoms with Crippen molar-refractivity contribution in [1.82, 2.24) is 15.1 Å². The number of anilines is 1. The maximum Gasteiger partial charge on any atom is 0.270 e. The number of aromatic nitrogens is 3. The Morgan fingerprint density at radius 2 is 2.10 bits per heavy atom. The fourth-order valence-electron chi connectivity index (χ4n) is 1.85. The first-order valence-electron chi connectivity index (χ1n) is 5.93. The van der Waals surface area contributed by atoms with Gasteiger partial charge in [0.1, 0.15) is 4.88 Å². The van der Waals surface area contributed by atoms with E-state index in [0.717, 1.165) is 20.6 Å². The first-order valence-corrected chi connectivity index (χ1v) is 7.53. The fraction of sp³-hybridized carbons (Fsp3) is 0.154. The van der Waals surface area contributed by atoms with Gasteiger partial charge in [-0.15, -0.1) is 0 Å². The van der Waals surface area contributed by atoms with Crippen LogP contribution < -0.4 is 5.73 Å². The zero-order chi connectivity index (χ0) is 14.1. The Morgan fingerprint density at radius 3 is 2.80 bits per heavy atom. The van der Waals surface area contributed by atoms with Crippen molar-refractivity contribution in [3.05, 3.63) is 45.8 Å². The van der Waals surface area contributed by atoms with E-state index < -0.39 is 0 Å². The van der Waals surface area contributed by atoms with Gasteiger partial charge in [-0.1, -0.05) is 50.6 Å². The minimum absolute atomic E-state index is 0.471. The summed E-state index contributed by atoms with van der Waals surface area (Å²) in [5.41, 5.74) is 7.60. The summed E-state index contributed by atoms with van der Waals surface area (Å²) >= 11 is 4.86. The normalized spacial score (nSPS) is 10.9. The van der Waals surface area contributed by atoms with Crippen LogP contribution in [-0.2, 0) is 6.42 Å². The van der Waals surface area contributed by atoms with Crippen LogP contribution in [0, 0.1) is 6.92 Å². The SMILES string of the molecule is Cc1nc(N)sc1-c1nc(Cc2ccccc2Br)no1. The molecule has 0 unspecified atom stereocenters. The molecule has 7 heteroatoms. The van der Waals surface area contributed by atoms with E-state index in [-0.39, 0.29) is 0 Å². The minimum atomic E-state index is 0.471. The van der Waals surface area contributed by atoms with Gasteiger partial charge >= 0.3 is 0 Å². The van der Waals surface area contributed by atoms with Gasteiger partial charge in [0.15, 0.2) is 11.0 Å². The third kappa shape index (κ3) is 2.59. The van der Waals surface area contributed by atoms with E-state index in [1.54, 1.807) is 0 Å². The average molecular weight is 351 g/mol. The van der Waals surface area contributed by atoms with Crippen LogP contribution in [0.5, 0.6) is 0 Å².